The molecule has 0 saturated heterocycles. The summed E-state index contributed by atoms with van der Waals surface area (Å²) in [6, 6.07) is 2.91. The van der Waals surface area contributed by atoms with Gasteiger partial charge in [0.2, 0.25) is 0 Å². The van der Waals surface area contributed by atoms with Crippen LogP contribution >= 0.6 is 23.2 Å². The first-order chi connectivity index (χ1) is 8.45. The minimum Gasteiger partial charge on any atom is -0.457 e. The molecule has 0 bridgehead atoms. The van der Waals surface area contributed by atoms with Crippen LogP contribution in [0.3, 0.4) is 0 Å². The number of halogens is 2. The highest BCUT2D eigenvalue weighted by molar-refractivity contribution is 6.44. The number of rotatable bonds is 5. The van der Waals surface area contributed by atoms with Gasteiger partial charge in [-0.1, -0.05) is 23.2 Å². The average Bonchev–Trinajstić information content (AvgIpc) is 2.30. The highest BCUT2D eigenvalue weighted by Gasteiger charge is 2.18. The fourth-order valence-electron chi connectivity index (χ4n) is 1.32. The van der Waals surface area contributed by atoms with Crippen LogP contribution in [0.4, 0.5) is 5.69 Å². The second kappa shape index (κ2) is 6.83. The molecule has 0 aromatic heterocycles. The van der Waals surface area contributed by atoms with Gasteiger partial charge < -0.3 is 15.2 Å². The maximum atomic E-state index is 11.9. The van der Waals surface area contributed by atoms with Gasteiger partial charge >= 0.3 is 5.97 Å². The van der Waals surface area contributed by atoms with Gasteiger partial charge in [-0.15, -0.1) is 0 Å². The molecule has 1 unspecified atom stereocenters. The highest BCUT2D eigenvalue weighted by atomic mass is 35.5. The van der Waals surface area contributed by atoms with Gasteiger partial charge in [0.1, 0.15) is 6.10 Å². The van der Waals surface area contributed by atoms with Crippen LogP contribution < -0.4 is 5.73 Å². The monoisotopic (exact) mass is 291 g/mol. The maximum absolute atomic E-state index is 11.9. The summed E-state index contributed by atoms with van der Waals surface area (Å²) in [6.07, 6.45) is -0.367. The third kappa shape index (κ3) is 4.05. The molecule has 1 rings (SSSR count). The Morgan fingerprint density at radius 1 is 1.44 bits per heavy atom. The van der Waals surface area contributed by atoms with E-state index in [0.29, 0.717) is 18.9 Å². The quantitative estimate of drug-likeness (QED) is 0.669. The lowest BCUT2D eigenvalue weighted by Crippen LogP contribution is -2.20. The predicted octanol–water partition coefficient (Wildman–Crippen LogP) is 3.16. The van der Waals surface area contributed by atoms with E-state index in [1.165, 1.54) is 12.1 Å². The summed E-state index contributed by atoms with van der Waals surface area (Å²) in [5.41, 5.74) is 6.11. The summed E-state index contributed by atoms with van der Waals surface area (Å²) in [7, 11) is 0. The Labute approximate surface area is 116 Å². The lowest BCUT2D eigenvalue weighted by Gasteiger charge is -2.14. The van der Waals surface area contributed by atoms with Gasteiger partial charge in [-0.05, 0) is 26.0 Å². The van der Waals surface area contributed by atoms with Gasteiger partial charge in [0.15, 0.2) is 0 Å². The molecule has 1 atom stereocenters. The van der Waals surface area contributed by atoms with E-state index in [1.54, 1.807) is 6.92 Å². The molecular weight excluding hydrogens is 277 g/mol. The highest BCUT2D eigenvalue weighted by Crippen LogP contribution is 2.29. The number of nitrogen functional groups attached to an aromatic ring is 1. The molecule has 0 heterocycles. The molecule has 0 aliphatic carbocycles. The van der Waals surface area contributed by atoms with Gasteiger partial charge in [0, 0.05) is 12.3 Å². The molecule has 0 fully saturated rings. The summed E-state index contributed by atoms with van der Waals surface area (Å²) < 4.78 is 10.3. The third-order valence-electron chi connectivity index (χ3n) is 2.14. The number of anilines is 1. The average molecular weight is 292 g/mol. The van der Waals surface area contributed by atoms with Crippen molar-refractivity contribution in [2.24, 2.45) is 0 Å². The number of nitrogens with two attached hydrogens (primary N) is 1. The molecule has 4 nitrogen and oxygen atoms in total. The summed E-state index contributed by atoms with van der Waals surface area (Å²) in [6.45, 7) is 4.49. The zero-order chi connectivity index (χ0) is 13.7. The molecule has 1 aromatic rings. The molecule has 0 radical (unpaired) electrons. The largest absolute Gasteiger partial charge is 0.457 e. The number of ether oxygens (including phenoxy) is 2. The van der Waals surface area contributed by atoms with E-state index >= 15 is 0 Å². The Morgan fingerprint density at radius 2 is 2.11 bits per heavy atom. The second-order valence-electron chi connectivity index (χ2n) is 3.74. The summed E-state index contributed by atoms with van der Waals surface area (Å²) in [5, 5.41) is 0.362. The minimum absolute atomic E-state index is 0.138. The van der Waals surface area contributed by atoms with Crippen LogP contribution in [-0.2, 0) is 9.47 Å². The molecule has 1 aromatic carbocycles. The van der Waals surface area contributed by atoms with E-state index in [9.17, 15) is 4.79 Å². The van der Waals surface area contributed by atoms with E-state index in [0.717, 1.165) is 0 Å². The predicted molar refractivity (Wildman–Crippen MR) is 72.2 cm³/mol. The normalized spacial score (nSPS) is 12.2. The van der Waals surface area contributed by atoms with E-state index in [4.69, 9.17) is 38.4 Å². The van der Waals surface area contributed by atoms with Crippen LogP contribution in [0, 0.1) is 0 Å². The fraction of sp³-hybridized carbons (Fsp3) is 0.417. The smallest absolute Gasteiger partial charge is 0.340 e. The summed E-state index contributed by atoms with van der Waals surface area (Å²) in [4.78, 5) is 11.9. The second-order valence-corrected chi connectivity index (χ2v) is 4.52. The van der Waals surface area contributed by atoms with Crippen molar-refractivity contribution in [1.29, 1.82) is 0 Å². The Hall–Kier alpha value is -0.970. The lowest BCUT2D eigenvalue weighted by molar-refractivity contribution is 0.00442. The van der Waals surface area contributed by atoms with Crippen molar-refractivity contribution in [1.82, 2.24) is 0 Å². The zero-order valence-corrected chi connectivity index (χ0v) is 11.7. The summed E-state index contributed by atoms with van der Waals surface area (Å²) >= 11 is 11.8. The Morgan fingerprint density at radius 3 is 2.72 bits per heavy atom. The molecule has 100 valence electrons. The van der Waals surface area contributed by atoms with Crippen LogP contribution in [0.25, 0.3) is 0 Å². The van der Waals surface area contributed by atoms with Crippen LogP contribution in [-0.4, -0.2) is 25.3 Å². The minimum atomic E-state index is -0.568. The van der Waals surface area contributed by atoms with Crippen LogP contribution in [0.1, 0.15) is 24.2 Å². The number of hydrogen-bond acceptors (Lipinski definition) is 4. The molecule has 0 aliphatic rings. The number of carbonyl (C=O) groups excluding carboxylic acids is 1. The zero-order valence-electron chi connectivity index (χ0n) is 10.2. The molecule has 0 saturated carbocycles. The lowest BCUT2D eigenvalue weighted by atomic mass is 10.2. The number of carbonyl (C=O) groups is 1. The van der Waals surface area contributed by atoms with Gasteiger partial charge in [-0.3, -0.25) is 0 Å². The van der Waals surface area contributed by atoms with E-state index in [1.807, 2.05) is 6.92 Å². The van der Waals surface area contributed by atoms with Crippen molar-refractivity contribution >= 4 is 34.9 Å². The van der Waals surface area contributed by atoms with Gasteiger partial charge in [0.05, 0.1) is 22.2 Å². The Balaban J connectivity index is 2.78. The van der Waals surface area contributed by atoms with Gasteiger partial charge in [0.25, 0.3) is 0 Å². The molecule has 0 spiro atoms. The fourth-order valence-corrected chi connectivity index (χ4v) is 1.74. The van der Waals surface area contributed by atoms with E-state index < -0.39 is 5.97 Å². The van der Waals surface area contributed by atoms with Crippen molar-refractivity contribution in [3.8, 4) is 0 Å². The molecule has 18 heavy (non-hydrogen) atoms. The van der Waals surface area contributed by atoms with Crippen molar-refractivity contribution in [3.05, 3.63) is 27.7 Å². The van der Waals surface area contributed by atoms with Crippen LogP contribution in [0.2, 0.25) is 10.0 Å². The first-order valence-electron chi connectivity index (χ1n) is 5.49. The maximum Gasteiger partial charge on any atom is 0.340 e. The Bertz CT molecular complexity index is 438. The van der Waals surface area contributed by atoms with Crippen molar-refractivity contribution in [2.45, 2.75) is 20.0 Å². The topological polar surface area (TPSA) is 61.5 Å². The SMILES string of the molecule is CCOCC(C)OC(=O)c1cc(N)cc(Cl)c1Cl. The standard InChI is InChI=1S/C12H15Cl2NO3/c1-3-17-6-7(2)18-12(16)9-4-8(15)5-10(13)11(9)14/h4-5,7H,3,6,15H2,1-2H3. The number of esters is 1. The van der Waals surface area contributed by atoms with Crippen molar-refractivity contribution < 1.29 is 14.3 Å². The van der Waals surface area contributed by atoms with Crippen molar-refractivity contribution in [3.63, 3.8) is 0 Å². The molecule has 2 N–H and O–H groups in total. The van der Waals surface area contributed by atoms with Crippen LogP contribution in [0.15, 0.2) is 12.1 Å². The summed E-state index contributed by atoms with van der Waals surface area (Å²) in [5.74, 6) is -0.568. The molecule has 6 heteroatoms. The molecule has 0 amide bonds. The molecule has 0 aliphatic heterocycles. The third-order valence-corrected chi connectivity index (χ3v) is 2.94. The Kier molecular flexibility index (Phi) is 5.72. The first-order valence-corrected chi connectivity index (χ1v) is 6.24. The van der Waals surface area contributed by atoms with Crippen molar-refractivity contribution in [2.75, 3.05) is 18.9 Å². The molecular formula is C12H15Cl2NO3. The van der Waals surface area contributed by atoms with Gasteiger partial charge in [-0.25, -0.2) is 4.79 Å². The number of hydrogen-bond donors (Lipinski definition) is 1. The van der Waals surface area contributed by atoms with Crippen LogP contribution in [0.5, 0.6) is 0 Å². The number of benzene rings is 1. The van der Waals surface area contributed by atoms with E-state index in [2.05, 4.69) is 0 Å². The van der Waals surface area contributed by atoms with E-state index in [-0.39, 0.29) is 21.7 Å². The van der Waals surface area contributed by atoms with Gasteiger partial charge in [-0.2, -0.15) is 0 Å². The first kappa shape index (κ1) is 15.1.